The van der Waals surface area contributed by atoms with Crippen LogP contribution < -0.4 is 4.90 Å². The van der Waals surface area contributed by atoms with E-state index in [1.807, 2.05) is 36.0 Å². The number of hydrogen-bond donors (Lipinski definition) is 0. The third-order valence-electron chi connectivity index (χ3n) is 6.28. The number of rotatable bonds is 5. The van der Waals surface area contributed by atoms with Gasteiger partial charge in [-0.3, -0.25) is 4.90 Å². The maximum Gasteiger partial charge on any atom is 0.324 e. The minimum absolute atomic E-state index is 0.0380. The molecule has 0 atom stereocenters. The summed E-state index contributed by atoms with van der Waals surface area (Å²) >= 11 is 0. The zero-order chi connectivity index (χ0) is 26.3. The Bertz CT molecular complexity index is 1570. The zero-order valence-electron chi connectivity index (χ0n) is 19.6. The van der Waals surface area contributed by atoms with Crippen LogP contribution in [0.2, 0.25) is 0 Å². The van der Waals surface area contributed by atoms with Crippen LogP contribution in [0.25, 0.3) is 22.4 Å². The van der Waals surface area contributed by atoms with E-state index in [1.165, 1.54) is 21.9 Å². The summed E-state index contributed by atoms with van der Waals surface area (Å²) in [6.07, 6.45) is -1.07. The lowest BCUT2D eigenvalue weighted by atomic mass is 10.1. The highest BCUT2D eigenvalue weighted by molar-refractivity contribution is 7.91. The molecule has 13 heteroatoms. The number of anilines is 1. The molecule has 0 N–H and O–H groups in total. The van der Waals surface area contributed by atoms with Crippen LogP contribution in [0.4, 0.5) is 23.7 Å². The largest absolute Gasteiger partial charge is 0.415 e. The normalized spacial score (nSPS) is 15.4. The third-order valence-corrected chi connectivity index (χ3v) is 7.89. The van der Waals surface area contributed by atoms with E-state index in [-0.39, 0.29) is 48.2 Å². The van der Waals surface area contributed by atoms with Crippen LogP contribution in [0.5, 0.6) is 0 Å². The first kappa shape index (κ1) is 24.8. The van der Waals surface area contributed by atoms with Crippen LogP contribution in [0.1, 0.15) is 17.9 Å². The molecule has 1 saturated heterocycles. The fraction of sp³-hybridized carbons (Fsp3) is 0.292. The number of aromatic nitrogens is 3. The van der Waals surface area contributed by atoms with E-state index >= 15 is 4.39 Å². The van der Waals surface area contributed by atoms with Crippen molar-refractivity contribution in [2.75, 3.05) is 29.5 Å². The molecular formula is C24H22F3N5O4S. The number of urea groups is 1. The minimum Gasteiger partial charge on any atom is -0.415 e. The Labute approximate surface area is 210 Å². The highest BCUT2D eigenvalue weighted by atomic mass is 32.2. The maximum absolute atomic E-state index is 15.2. The molecule has 37 heavy (non-hydrogen) atoms. The molecule has 194 valence electrons. The number of halogens is 3. The number of carbonyl (C=O) groups is 1. The Hall–Kier alpha value is -3.87. The van der Waals surface area contributed by atoms with Crippen molar-refractivity contribution in [3.8, 4) is 11.5 Å². The number of aryl methyl sites for hydroxylation is 1. The fourth-order valence-corrected chi connectivity index (χ4v) is 5.40. The van der Waals surface area contributed by atoms with Gasteiger partial charge in [0.1, 0.15) is 5.82 Å². The highest BCUT2D eigenvalue weighted by Gasteiger charge is 2.30. The van der Waals surface area contributed by atoms with Gasteiger partial charge in [0.05, 0.1) is 18.1 Å². The third kappa shape index (κ3) is 5.03. The predicted molar refractivity (Wildman–Crippen MR) is 129 cm³/mol. The molecule has 0 unspecified atom stereocenters. The van der Waals surface area contributed by atoms with Gasteiger partial charge in [-0.25, -0.2) is 17.6 Å². The van der Waals surface area contributed by atoms with E-state index in [4.69, 9.17) is 4.42 Å². The Balaban J connectivity index is 1.47. The number of amides is 2. The molecule has 2 aromatic carbocycles. The lowest BCUT2D eigenvalue weighted by Crippen LogP contribution is -2.49. The standard InChI is InChI=1S/C24H22F3N5O4S/c1-30-7-6-15-12-18(4-5-20(15)30)32(24(33)31-8-10-37(34,35)11-9-31)14-17-3-2-16(13-19(17)25)22-28-29-23(36-22)21(26)27/h2-7,12-13,21H,8-11,14H2,1H3. The van der Waals surface area contributed by atoms with Crippen molar-refractivity contribution in [1.29, 1.82) is 0 Å². The van der Waals surface area contributed by atoms with Gasteiger partial charge in [0.2, 0.25) is 5.89 Å². The summed E-state index contributed by atoms with van der Waals surface area (Å²) in [5.41, 5.74) is 1.73. The minimum atomic E-state index is -3.21. The van der Waals surface area contributed by atoms with Crippen LogP contribution in [0.3, 0.4) is 0 Å². The Morgan fingerprint density at radius 3 is 2.54 bits per heavy atom. The number of alkyl halides is 2. The Morgan fingerprint density at radius 2 is 1.86 bits per heavy atom. The lowest BCUT2D eigenvalue weighted by molar-refractivity contribution is 0.116. The van der Waals surface area contributed by atoms with Gasteiger partial charge in [0, 0.05) is 54.1 Å². The molecule has 1 aliphatic rings. The molecule has 4 aromatic rings. The van der Waals surface area contributed by atoms with Crippen molar-refractivity contribution in [1.82, 2.24) is 19.7 Å². The van der Waals surface area contributed by atoms with Gasteiger partial charge in [0.25, 0.3) is 5.89 Å². The molecule has 2 aromatic heterocycles. The summed E-state index contributed by atoms with van der Waals surface area (Å²) in [6, 6.07) is 10.8. The molecule has 9 nitrogen and oxygen atoms in total. The van der Waals surface area contributed by atoms with E-state index < -0.39 is 34.0 Å². The van der Waals surface area contributed by atoms with Crippen LogP contribution in [0, 0.1) is 5.82 Å². The molecule has 2 amide bonds. The molecule has 0 aliphatic carbocycles. The molecule has 0 saturated carbocycles. The van der Waals surface area contributed by atoms with Gasteiger partial charge in [0.15, 0.2) is 9.84 Å². The first-order chi connectivity index (χ1) is 17.6. The average molecular weight is 534 g/mol. The molecular weight excluding hydrogens is 511 g/mol. The summed E-state index contributed by atoms with van der Waals surface area (Å²) in [4.78, 5) is 16.4. The second-order valence-electron chi connectivity index (χ2n) is 8.73. The van der Waals surface area contributed by atoms with Crippen molar-refractivity contribution in [2.24, 2.45) is 7.05 Å². The fourth-order valence-electron chi connectivity index (χ4n) is 4.20. The van der Waals surface area contributed by atoms with Gasteiger partial charge < -0.3 is 13.9 Å². The van der Waals surface area contributed by atoms with Crippen molar-refractivity contribution in [3.63, 3.8) is 0 Å². The summed E-state index contributed by atoms with van der Waals surface area (Å²) in [5.74, 6) is -2.10. The van der Waals surface area contributed by atoms with Gasteiger partial charge >= 0.3 is 12.5 Å². The van der Waals surface area contributed by atoms with Crippen molar-refractivity contribution in [2.45, 2.75) is 13.0 Å². The topological polar surface area (TPSA) is 102 Å². The van der Waals surface area contributed by atoms with E-state index in [0.29, 0.717) is 5.69 Å². The van der Waals surface area contributed by atoms with Crippen LogP contribution in [-0.2, 0) is 23.4 Å². The van der Waals surface area contributed by atoms with Gasteiger partial charge in [-0.05, 0) is 36.4 Å². The molecule has 3 heterocycles. The highest BCUT2D eigenvalue weighted by Crippen LogP contribution is 2.29. The Kier molecular flexibility index (Phi) is 6.40. The lowest BCUT2D eigenvalue weighted by Gasteiger charge is -2.33. The van der Waals surface area contributed by atoms with Crippen LogP contribution >= 0.6 is 0 Å². The first-order valence-corrected chi connectivity index (χ1v) is 13.2. The van der Waals surface area contributed by atoms with E-state index in [9.17, 15) is 22.0 Å². The SMILES string of the molecule is Cn1ccc2cc(N(Cc3ccc(-c4nnc(C(F)F)o4)cc3F)C(=O)N3CCS(=O)(=O)CC3)ccc21. The summed E-state index contributed by atoms with van der Waals surface area (Å²) < 4.78 is 71.3. The second-order valence-corrected chi connectivity index (χ2v) is 11.0. The number of sulfone groups is 1. The van der Waals surface area contributed by atoms with Crippen molar-refractivity contribution < 1.29 is 30.8 Å². The smallest absolute Gasteiger partial charge is 0.324 e. The quantitative estimate of drug-likeness (QED) is 0.382. The van der Waals surface area contributed by atoms with Gasteiger partial charge in [-0.1, -0.05) is 6.07 Å². The number of fused-ring (bicyclic) bond motifs is 1. The average Bonchev–Trinajstić information content (AvgIpc) is 3.50. The maximum atomic E-state index is 15.2. The second kappa shape index (κ2) is 9.54. The van der Waals surface area contributed by atoms with E-state index in [1.54, 1.807) is 6.07 Å². The van der Waals surface area contributed by atoms with Gasteiger partial charge in [-0.2, -0.15) is 8.78 Å². The molecule has 1 fully saturated rings. The van der Waals surface area contributed by atoms with E-state index in [2.05, 4.69) is 10.2 Å². The molecule has 0 bridgehead atoms. The summed E-state index contributed by atoms with van der Waals surface area (Å²) in [6.45, 7) is -0.0781. The molecule has 0 radical (unpaired) electrons. The monoisotopic (exact) mass is 533 g/mol. The number of nitrogens with zero attached hydrogens (tertiary/aromatic N) is 5. The molecule has 0 spiro atoms. The number of benzene rings is 2. The molecule has 1 aliphatic heterocycles. The van der Waals surface area contributed by atoms with Gasteiger partial charge in [-0.15, -0.1) is 10.2 Å². The van der Waals surface area contributed by atoms with Crippen LogP contribution in [-0.4, -0.2) is 58.7 Å². The predicted octanol–water partition coefficient (Wildman–Crippen LogP) is 4.16. The zero-order valence-corrected chi connectivity index (χ0v) is 20.5. The van der Waals surface area contributed by atoms with Crippen molar-refractivity contribution >= 4 is 32.5 Å². The van der Waals surface area contributed by atoms with E-state index in [0.717, 1.165) is 17.0 Å². The number of hydrogen-bond acceptors (Lipinski definition) is 6. The Morgan fingerprint density at radius 1 is 1.11 bits per heavy atom. The number of carbonyl (C=O) groups excluding carboxylic acids is 1. The summed E-state index contributed by atoms with van der Waals surface area (Å²) in [7, 11) is -1.32. The first-order valence-electron chi connectivity index (χ1n) is 11.3. The van der Waals surface area contributed by atoms with Crippen LogP contribution in [0.15, 0.2) is 53.1 Å². The van der Waals surface area contributed by atoms with Crippen molar-refractivity contribution in [3.05, 3.63) is 65.9 Å². The molecule has 5 rings (SSSR count). The summed E-state index contributed by atoms with van der Waals surface area (Å²) in [5, 5.41) is 7.66.